The molecule has 4 nitrogen and oxygen atoms in total. The van der Waals surface area contributed by atoms with Gasteiger partial charge in [0.25, 0.3) is 0 Å². The Kier molecular flexibility index (Phi) is 3.89. The molecule has 17 heavy (non-hydrogen) atoms. The van der Waals surface area contributed by atoms with E-state index in [1.165, 1.54) is 11.8 Å². The van der Waals surface area contributed by atoms with E-state index in [4.69, 9.17) is 5.11 Å². The number of hydrogen-bond donors (Lipinski definition) is 1. The summed E-state index contributed by atoms with van der Waals surface area (Å²) >= 11 is 0. The topological polar surface area (TPSA) is 57.6 Å². The average Bonchev–Trinajstić information content (AvgIpc) is 2.29. The number of aryl methyl sites for hydroxylation is 2. The van der Waals surface area contributed by atoms with Crippen LogP contribution in [0.4, 0.5) is 5.69 Å². The number of nitrogens with zero attached hydrogens (tertiary/aromatic N) is 1. The number of rotatable bonds is 3. The fourth-order valence-corrected chi connectivity index (χ4v) is 1.60. The third-order valence-electron chi connectivity index (χ3n) is 2.80. The maximum Gasteiger partial charge on any atom is 0.315 e. The minimum Gasteiger partial charge on any atom is -0.481 e. The van der Waals surface area contributed by atoms with Crippen LogP contribution in [0.25, 0.3) is 0 Å². The molecule has 0 saturated heterocycles. The van der Waals surface area contributed by atoms with Crippen LogP contribution in [0.5, 0.6) is 0 Å². The molecule has 1 aromatic carbocycles. The van der Waals surface area contributed by atoms with E-state index in [0.29, 0.717) is 0 Å². The zero-order chi connectivity index (χ0) is 13.2. The van der Waals surface area contributed by atoms with E-state index >= 15 is 0 Å². The highest BCUT2D eigenvalue weighted by molar-refractivity contribution is 6.05. The summed E-state index contributed by atoms with van der Waals surface area (Å²) in [6, 6.07) is 5.75. The molecule has 0 bridgehead atoms. The van der Waals surface area contributed by atoms with Crippen LogP contribution < -0.4 is 4.90 Å². The second-order valence-electron chi connectivity index (χ2n) is 4.25. The van der Waals surface area contributed by atoms with E-state index in [2.05, 4.69) is 0 Å². The first-order valence-electron chi connectivity index (χ1n) is 5.42. The summed E-state index contributed by atoms with van der Waals surface area (Å²) in [4.78, 5) is 24.1. The van der Waals surface area contributed by atoms with Crippen molar-refractivity contribution in [1.29, 1.82) is 0 Å². The maximum absolute atomic E-state index is 11.9. The van der Waals surface area contributed by atoms with Gasteiger partial charge >= 0.3 is 5.97 Å². The van der Waals surface area contributed by atoms with Crippen LogP contribution in [-0.4, -0.2) is 24.0 Å². The second kappa shape index (κ2) is 4.99. The van der Waals surface area contributed by atoms with E-state index in [0.717, 1.165) is 16.8 Å². The third kappa shape index (κ3) is 2.84. The highest BCUT2D eigenvalue weighted by Gasteiger charge is 2.25. The summed E-state index contributed by atoms with van der Waals surface area (Å²) in [6.45, 7) is 5.22. The lowest BCUT2D eigenvalue weighted by Gasteiger charge is -2.22. The smallest absolute Gasteiger partial charge is 0.315 e. The lowest BCUT2D eigenvalue weighted by Crippen LogP contribution is -2.35. The minimum absolute atomic E-state index is 0.411. The Bertz CT molecular complexity index is 454. The Morgan fingerprint density at radius 3 is 2.41 bits per heavy atom. The number of aliphatic carboxylic acids is 1. The van der Waals surface area contributed by atoms with Gasteiger partial charge in [-0.05, 0) is 38.0 Å². The number of benzene rings is 1. The van der Waals surface area contributed by atoms with Crippen molar-refractivity contribution in [3.8, 4) is 0 Å². The van der Waals surface area contributed by atoms with E-state index in [1.807, 2.05) is 32.0 Å². The van der Waals surface area contributed by atoms with Crippen molar-refractivity contribution in [2.24, 2.45) is 5.92 Å². The molecule has 0 aromatic heterocycles. The number of amides is 1. The van der Waals surface area contributed by atoms with Crippen LogP contribution in [0.1, 0.15) is 18.1 Å². The first-order chi connectivity index (χ1) is 7.84. The second-order valence-corrected chi connectivity index (χ2v) is 4.25. The van der Waals surface area contributed by atoms with Crippen molar-refractivity contribution in [3.63, 3.8) is 0 Å². The molecule has 0 saturated carbocycles. The van der Waals surface area contributed by atoms with Crippen LogP contribution in [0, 0.1) is 19.8 Å². The van der Waals surface area contributed by atoms with Crippen molar-refractivity contribution in [2.75, 3.05) is 11.9 Å². The Morgan fingerprint density at radius 2 is 1.88 bits per heavy atom. The summed E-state index contributed by atoms with van der Waals surface area (Å²) in [6.07, 6.45) is 0. The normalized spacial score (nSPS) is 12.0. The van der Waals surface area contributed by atoms with Gasteiger partial charge in [0.2, 0.25) is 5.91 Å². The molecule has 1 aromatic rings. The van der Waals surface area contributed by atoms with E-state index in [-0.39, 0.29) is 0 Å². The van der Waals surface area contributed by atoms with Gasteiger partial charge in [0.15, 0.2) is 0 Å². The average molecular weight is 235 g/mol. The maximum atomic E-state index is 11.9. The highest BCUT2D eigenvalue weighted by Crippen LogP contribution is 2.21. The summed E-state index contributed by atoms with van der Waals surface area (Å²) < 4.78 is 0. The van der Waals surface area contributed by atoms with Gasteiger partial charge in [0.05, 0.1) is 0 Å². The number of anilines is 1. The fraction of sp³-hybridized carbons (Fsp3) is 0.385. The van der Waals surface area contributed by atoms with Crippen molar-refractivity contribution in [1.82, 2.24) is 0 Å². The van der Waals surface area contributed by atoms with Gasteiger partial charge in [0.1, 0.15) is 5.92 Å². The number of carboxylic acids is 1. The van der Waals surface area contributed by atoms with Gasteiger partial charge in [-0.1, -0.05) is 12.1 Å². The van der Waals surface area contributed by atoms with Crippen molar-refractivity contribution in [3.05, 3.63) is 29.3 Å². The molecule has 4 heteroatoms. The van der Waals surface area contributed by atoms with Crippen LogP contribution in [0.3, 0.4) is 0 Å². The van der Waals surface area contributed by atoms with Crippen LogP contribution >= 0.6 is 0 Å². The molecule has 1 unspecified atom stereocenters. The summed E-state index contributed by atoms with van der Waals surface area (Å²) in [7, 11) is 1.60. The molecule has 1 amide bonds. The summed E-state index contributed by atoms with van der Waals surface area (Å²) in [5, 5.41) is 8.82. The molecule has 0 radical (unpaired) electrons. The summed E-state index contributed by atoms with van der Waals surface area (Å²) in [5.41, 5.74) is 2.74. The Balaban J connectivity index is 3.04. The molecular formula is C13H17NO3. The van der Waals surface area contributed by atoms with E-state index in [1.54, 1.807) is 7.05 Å². The van der Waals surface area contributed by atoms with E-state index < -0.39 is 17.8 Å². The molecule has 1 N–H and O–H groups in total. The quantitative estimate of drug-likeness (QED) is 0.815. The minimum atomic E-state index is -1.10. The molecule has 0 heterocycles. The lowest BCUT2D eigenvalue weighted by molar-refractivity contribution is -0.145. The van der Waals surface area contributed by atoms with E-state index in [9.17, 15) is 9.59 Å². The van der Waals surface area contributed by atoms with Gasteiger partial charge in [-0.3, -0.25) is 9.59 Å². The van der Waals surface area contributed by atoms with Gasteiger partial charge in [0, 0.05) is 12.7 Å². The van der Waals surface area contributed by atoms with Crippen molar-refractivity contribution in [2.45, 2.75) is 20.8 Å². The highest BCUT2D eigenvalue weighted by atomic mass is 16.4. The molecule has 0 aliphatic heterocycles. The van der Waals surface area contributed by atoms with Crippen LogP contribution in [-0.2, 0) is 9.59 Å². The Labute approximate surface area is 101 Å². The molecule has 1 rings (SSSR count). The number of carbonyl (C=O) groups is 2. The predicted molar refractivity (Wildman–Crippen MR) is 66.1 cm³/mol. The molecule has 1 atom stereocenters. The zero-order valence-corrected chi connectivity index (χ0v) is 10.5. The fourth-order valence-electron chi connectivity index (χ4n) is 1.60. The van der Waals surface area contributed by atoms with Crippen molar-refractivity contribution >= 4 is 17.6 Å². The number of carboxylic acid groups (broad SMARTS) is 1. The molecule has 0 aliphatic carbocycles. The first-order valence-corrected chi connectivity index (χ1v) is 5.42. The largest absolute Gasteiger partial charge is 0.481 e. The third-order valence-corrected chi connectivity index (χ3v) is 2.80. The predicted octanol–water partition coefficient (Wildman–Crippen LogP) is 1.99. The lowest BCUT2D eigenvalue weighted by atomic mass is 10.1. The number of hydrogen-bond acceptors (Lipinski definition) is 2. The molecule has 92 valence electrons. The van der Waals surface area contributed by atoms with Crippen LogP contribution in [0.15, 0.2) is 18.2 Å². The summed E-state index contributed by atoms with van der Waals surface area (Å²) in [5.74, 6) is -2.54. The molecule has 0 fully saturated rings. The Morgan fingerprint density at radius 1 is 1.29 bits per heavy atom. The van der Waals surface area contributed by atoms with Gasteiger partial charge in [-0.2, -0.15) is 0 Å². The number of carbonyl (C=O) groups excluding carboxylic acids is 1. The van der Waals surface area contributed by atoms with Gasteiger partial charge in [-0.15, -0.1) is 0 Å². The first kappa shape index (κ1) is 13.2. The molecular weight excluding hydrogens is 218 g/mol. The van der Waals surface area contributed by atoms with Crippen molar-refractivity contribution < 1.29 is 14.7 Å². The standard InChI is InChI=1S/C13H17NO3/c1-8-5-6-9(2)11(7-8)14(4)12(15)10(3)13(16)17/h5-7,10H,1-4H3,(H,16,17). The Hall–Kier alpha value is -1.84. The van der Waals surface area contributed by atoms with Gasteiger partial charge in [-0.25, -0.2) is 0 Å². The SMILES string of the molecule is Cc1ccc(C)c(N(C)C(=O)C(C)C(=O)O)c1. The van der Waals surface area contributed by atoms with Crippen LogP contribution in [0.2, 0.25) is 0 Å². The monoisotopic (exact) mass is 235 g/mol. The molecule has 0 spiro atoms. The van der Waals surface area contributed by atoms with Gasteiger partial charge < -0.3 is 10.0 Å². The molecule has 0 aliphatic rings. The zero-order valence-electron chi connectivity index (χ0n) is 10.5.